The zero-order chi connectivity index (χ0) is 24.6. The number of fused-ring (bicyclic) bond motifs is 1. The molecule has 2 aromatic heterocycles. The van der Waals surface area contributed by atoms with Crippen molar-refractivity contribution < 1.29 is 4.74 Å². The summed E-state index contributed by atoms with van der Waals surface area (Å²) >= 11 is 0. The molecule has 0 unspecified atom stereocenters. The van der Waals surface area contributed by atoms with E-state index in [1.807, 2.05) is 17.7 Å². The van der Waals surface area contributed by atoms with Crippen molar-refractivity contribution in [1.82, 2.24) is 30.1 Å². The number of tetrazole rings is 1. The minimum atomic E-state index is -0.253. The number of hydrogen-bond donors (Lipinski definition) is 1. The second-order valence-electron chi connectivity index (χ2n) is 11.0. The molecule has 34 heavy (non-hydrogen) atoms. The summed E-state index contributed by atoms with van der Waals surface area (Å²) in [5, 5.41) is 13.9. The van der Waals surface area contributed by atoms with E-state index in [-0.39, 0.29) is 29.2 Å². The van der Waals surface area contributed by atoms with Crippen molar-refractivity contribution in [3.05, 3.63) is 51.1 Å². The van der Waals surface area contributed by atoms with E-state index in [0.29, 0.717) is 6.54 Å². The zero-order valence-corrected chi connectivity index (χ0v) is 21.6. The summed E-state index contributed by atoms with van der Waals surface area (Å²) in [5.74, 6) is 1.06. The predicted octanol–water partition coefficient (Wildman–Crippen LogP) is 4.26. The van der Waals surface area contributed by atoms with Crippen molar-refractivity contribution in [1.29, 1.82) is 0 Å². The highest BCUT2D eigenvalue weighted by molar-refractivity contribution is 5.82. The molecule has 184 valence electrons. The highest BCUT2D eigenvalue weighted by atomic mass is 16.5. The molecule has 1 N–H and O–H groups in total. The molecule has 2 atom stereocenters. The Balaban J connectivity index is 1.77. The third-order valence-corrected chi connectivity index (χ3v) is 6.62. The van der Waals surface area contributed by atoms with Gasteiger partial charge >= 0.3 is 0 Å². The number of rotatable bonds is 7. The summed E-state index contributed by atoms with van der Waals surface area (Å²) in [6, 6.07) is 6.21. The van der Waals surface area contributed by atoms with Crippen molar-refractivity contribution in [2.45, 2.75) is 85.5 Å². The van der Waals surface area contributed by atoms with Crippen LogP contribution in [-0.2, 0) is 16.8 Å². The van der Waals surface area contributed by atoms with Crippen LogP contribution < -0.4 is 5.56 Å². The van der Waals surface area contributed by atoms with E-state index in [1.54, 1.807) is 0 Å². The molecule has 8 heteroatoms. The number of nitrogens with one attached hydrogen (secondary N) is 1. The number of pyridine rings is 1. The summed E-state index contributed by atoms with van der Waals surface area (Å²) in [6.07, 6.45) is 2.24. The van der Waals surface area contributed by atoms with Gasteiger partial charge in [0.25, 0.3) is 5.56 Å². The maximum atomic E-state index is 13.2. The monoisotopic (exact) mass is 466 g/mol. The van der Waals surface area contributed by atoms with Gasteiger partial charge in [0.2, 0.25) is 0 Å². The topological polar surface area (TPSA) is 88.9 Å². The van der Waals surface area contributed by atoms with E-state index < -0.39 is 0 Å². The molecule has 4 rings (SSSR count). The first-order valence-corrected chi connectivity index (χ1v) is 12.3. The van der Waals surface area contributed by atoms with Gasteiger partial charge in [0.05, 0.1) is 23.2 Å². The second-order valence-corrected chi connectivity index (χ2v) is 11.0. The van der Waals surface area contributed by atoms with E-state index in [4.69, 9.17) is 4.74 Å². The first-order valence-electron chi connectivity index (χ1n) is 12.3. The number of ether oxygens (including phenoxy) is 1. The number of hydrogen-bond acceptors (Lipinski definition) is 6. The quantitative estimate of drug-likeness (QED) is 0.560. The van der Waals surface area contributed by atoms with E-state index in [9.17, 15) is 4.79 Å². The van der Waals surface area contributed by atoms with Gasteiger partial charge < -0.3 is 9.72 Å². The lowest BCUT2D eigenvalue weighted by Gasteiger charge is -2.36. The highest BCUT2D eigenvalue weighted by Crippen LogP contribution is 2.32. The number of nitrogens with zero attached hydrogens (tertiary/aromatic N) is 5. The minimum Gasteiger partial charge on any atom is -0.377 e. The van der Waals surface area contributed by atoms with Crippen LogP contribution in [0, 0.1) is 19.8 Å². The normalized spacial score (nSPS) is 17.9. The van der Waals surface area contributed by atoms with Crippen LogP contribution in [-0.4, -0.2) is 49.3 Å². The zero-order valence-electron chi connectivity index (χ0n) is 21.6. The van der Waals surface area contributed by atoms with E-state index in [2.05, 4.69) is 79.1 Å². The molecule has 0 bridgehead atoms. The third kappa shape index (κ3) is 5.08. The standard InChI is InChI=1S/C26H38N6O2/c1-16(2)23(24-28-29-30-32(24)26(5,6)7)31(15-21-9-8-10-34-21)14-20-13-19-12-17(3)11-18(4)22(19)27-25(20)33/h11-13,16,21,23H,8-10,14-15H2,1-7H3,(H,27,33)/t21-,23-/m1/s1. The van der Waals surface area contributed by atoms with Crippen LogP contribution in [0.25, 0.3) is 10.9 Å². The summed E-state index contributed by atoms with van der Waals surface area (Å²) < 4.78 is 7.93. The third-order valence-electron chi connectivity index (χ3n) is 6.62. The van der Waals surface area contributed by atoms with E-state index in [1.165, 1.54) is 5.56 Å². The number of H-pyrrole nitrogens is 1. The van der Waals surface area contributed by atoms with Crippen LogP contribution in [0.5, 0.6) is 0 Å². The fraction of sp³-hybridized carbons (Fsp3) is 0.615. The predicted molar refractivity (Wildman–Crippen MR) is 134 cm³/mol. The van der Waals surface area contributed by atoms with Gasteiger partial charge in [-0.1, -0.05) is 25.5 Å². The largest absolute Gasteiger partial charge is 0.377 e. The molecule has 1 aromatic carbocycles. The van der Waals surface area contributed by atoms with Crippen molar-refractivity contribution in [3.63, 3.8) is 0 Å². The van der Waals surface area contributed by atoms with Gasteiger partial charge in [0, 0.05) is 25.3 Å². The fourth-order valence-corrected chi connectivity index (χ4v) is 5.13. The number of aromatic amines is 1. The van der Waals surface area contributed by atoms with Crippen molar-refractivity contribution >= 4 is 10.9 Å². The lowest BCUT2D eigenvalue weighted by atomic mass is 9.98. The van der Waals surface area contributed by atoms with Gasteiger partial charge in [-0.3, -0.25) is 9.69 Å². The lowest BCUT2D eigenvalue weighted by Crippen LogP contribution is -2.41. The Morgan fingerprint density at radius 2 is 2.00 bits per heavy atom. The highest BCUT2D eigenvalue weighted by Gasteiger charge is 2.34. The van der Waals surface area contributed by atoms with Gasteiger partial charge in [-0.2, -0.15) is 0 Å². The minimum absolute atomic E-state index is 0.0466. The molecular weight excluding hydrogens is 428 g/mol. The van der Waals surface area contributed by atoms with E-state index >= 15 is 0 Å². The van der Waals surface area contributed by atoms with Gasteiger partial charge in [-0.25, -0.2) is 4.68 Å². The average Bonchev–Trinajstić information content (AvgIpc) is 3.41. The Hall–Kier alpha value is -2.58. The Bertz CT molecular complexity index is 1200. The molecule has 0 radical (unpaired) electrons. The van der Waals surface area contributed by atoms with Crippen LogP contribution >= 0.6 is 0 Å². The fourth-order valence-electron chi connectivity index (χ4n) is 5.13. The molecule has 1 saturated heterocycles. The number of benzene rings is 1. The SMILES string of the molecule is Cc1cc(C)c2[nH]c(=O)c(CN(C[C@H]3CCCO3)[C@@H](c3nnnn3C(C)(C)C)C(C)C)cc2c1. The van der Waals surface area contributed by atoms with Crippen LogP contribution in [0.1, 0.15) is 76.0 Å². The maximum absolute atomic E-state index is 13.2. The number of aryl methyl sites for hydroxylation is 2. The number of aromatic nitrogens is 5. The first-order chi connectivity index (χ1) is 16.0. The molecule has 0 amide bonds. The molecule has 1 aliphatic rings. The Morgan fingerprint density at radius 3 is 2.65 bits per heavy atom. The van der Waals surface area contributed by atoms with Crippen LogP contribution in [0.15, 0.2) is 23.0 Å². The lowest BCUT2D eigenvalue weighted by molar-refractivity contribution is 0.0371. The van der Waals surface area contributed by atoms with Crippen molar-refractivity contribution in [2.75, 3.05) is 13.2 Å². The molecule has 0 saturated carbocycles. The molecule has 0 spiro atoms. The van der Waals surface area contributed by atoms with Crippen LogP contribution in [0.4, 0.5) is 0 Å². The summed E-state index contributed by atoms with van der Waals surface area (Å²) in [6.45, 7) is 16.8. The molecular formula is C26H38N6O2. The van der Waals surface area contributed by atoms with Gasteiger partial charge in [0.15, 0.2) is 5.82 Å². The van der Waals surface area contributed by atoms with Gasteiger partial charge in [-0.15, -0.1) is 5.10 Å². The Morgan fingerprint density at radius 1 is 1.24 bits per heavy atom. The molecule has 1 aliphatic heterocycles. The second kappa shape index (κ2) is 9.58. The molecule has 0 aliphatic carbocycles. The average molecular weight is 467 g/mol. The van der Waals surface area contributed by atoms with Crippen molar-refractivity contribution in [2.24, 2.45) is 5.92 Å². The Kier molecular flexibility index (Phi) is 6.92. The molecule has 3 heterocycles. The van der Waals surface area contributed by atoms with Crippen LogP contribution in [0.2, 0.25) is 0 Å². The molecule has 8 nitrogen and oxygen atoms in total. The van der Waals surface area contributed by atoms with Gasteiger partial charge in [-0.05, 0) is 86.9 Å². The molecule has 1 fully saturated rings. The van der Waals surface area contributed by atoms with Gasteiger partial charge in [0.1, 0.15) is 0 Å². The van der Waals surface area contributed by atoms with E-state index in [0.717, 1.165) is 53.8 Å². The Labute approximate surface area is 201 Å². The van der Waals surface area contributed by atoms with Crippen molar-refractivity contribution in [3.8, 4) is 0 Å². The summed E-state index contributed by atoms with van der Waals surface area (Å²) in [5.41, 5.74) is 3.62. The molecule has 3 aromatic rings. The summed E-state index contributed by atoms with van der Waals surface area (Å²) in [7, 11) is 0. The smallest absolute Gasteiger partial charge is 0.252 e. The first kappa shape index (κ1) is 24.5. The summed E-state index contributed by atoms with van der Waals surface area (Å²) in [4.78, 5) is 18.7. The maximum Gasteiger partial charge on any atom is 0.252 e. The van der Waals surface area contributed by atoms with Crippen LogP contribution in [0.3, 0.4) is 0 Å².